The van der Waals surface area contributed by atoms with Gasteiger partial charge in [-0.3, -0.25) is 14.4 Å². The zero-order valence-corrected chi connectivity index (χ0v) is 24.8. The fraction of sp³-hybridized carbons (Fsp3) is 0.667. The topological polar surface area (TPSA) is 151 Å². The molecule has 0 saturated heterocycles. The highest BCUT2D eigenvalue weighted by molar-refractivity contribution is 5.77. The first kappa shape index (κ1) is 34.9. The molecule has 0 saturated carbocycles. The molecule has 0 radical (unpaired) electrons. The summed E-state index contributed by atoms with van der Waals surface area (Å²) in [7, 11) is 0. The molecule has 0 bridgehead atoms. The SMILES string of the molecule is CCCCCOC(=O)OCC(C)C(c1ccc(OC(=O)CCC(C)C)c(OC(=O)CCC(C)C)c1)[C@H](N)C(=O)O. The third-order valence-corrected chi connectivity index (χ3v) is 6.37. The van der Waals surface area contributed by atoms with Crippen LogP contribution in [0.1, 0.15) is 98.0 Å². The Morgan fingerprint density at radius 1 is 0.850 bits per heavy atom. The molecule has 0 heterocycles. The molecule has 3 atom stereocenters. The van der Waals surface area contributed by atoms with Gasteiger partial charge in [-0.25, -0.2) is 4.79 Å². The van der Waals surface area contributed by atoms with Crippen molar-refractivity contribution in [3.8, 4) is 11.5 Å². The number of hydrogen-bond donors (Lipinski definition) is 2. The summed E-state index contributed by atoms with van der Waals surface area (Å²) in [5.74, 6) is -2.97. The monoisotopic (exact) mass is 565 g/mol. The van der Waals surface area contributed by atoms with Crippen LogP contribution in [-0.4, -0.2) is 48.4 Å². The molecule has 0 amide bonds. The minimum atomic E-state index is -1.36. The molecule has 2 unspecified atom stereocenters. The zero-order chi connectivity index (χ0) is 30.2. The number of benzene rings is 1. The molecule has 1 aromatic rings. The number of carbonyl (C=O) groups excluding carboxylic acids is 3. The van der Waals surface area contributed by atoms with E-state index in [0.717, 1.165) is 19.3 Å². The first-order chi connectivity index (χ1) is 18.8. The number of hydrogen-bond acceptors (Lipinski definition) is 9. The predicted molar refractivity (Wildman–Crippen MR) is 150 cm³/mol. The molecule has 0 aliphatic rings. The van der Waals surface area contributed by atoms with Gasteiger partial charge in [-0.05, 0) is 54.7 Å². The Kier molecular flexibility index (Phi) is 15.9. The number of carbonyl (C=O) groups is 4. The van der Waals surface area contributed by atoms with Gasteiger partial charge >= 0.3 is 24.1 Å². The highest BCUT2D eigenvalue weighted by Gasteiger charge is 2.33. The van der Waals surface area contributed by atoms with E-state index < -0.39 is 41.9 Å². The summed E-state index contributed by atoms with van der Waals surface area (Å²) < 4.78 is 21.4. The van der Waals surface area contributed by atoms with Crippen molar-refractivity contribution in [3.05, 3.63) is 23.8 Å². The Balaban J connectivity index is 3.22. The summed E-state index contributed by atoms with van der Waals surface area (Å²) in [6.07, 6.45) is 3.38. The van der Waals surface area contributed by atoms with Crippen LogP contribution in [-0.2, 0) is 23.9 Å². The Morgan fingerprint density at radius 3 is 1.95 bits per heavy atom. The van der Waals surface area contributed by atoms with Crippen LogP contribution in [0.4, 0.5) is 4.79 Å². The number of esters is 2. The predicted octanol–water partition coefficient (Wildman–Crippen LogP) is 5.84. The molecule has 3 N–H and O–H groups in total. The van der Waals surface area contributed by atoms with Gasteiger partial charge in [0, 0.05) is 18.8 Å². The lowest BCUT2D eigenvalue weighted by molar-refractivity contribution is -0.139. The molecular weight excluding hydrogens is 518 g/mol. The molecular formula is C30H47NO9. The van der Waals surface area contributed by atoms with Crippen LogP contribution in [0.5, 0.6) is 11.5 Å². The average molecular weight is 566 g/mol. The minimum Gasteiger partial charge on any atom is -0.480 e. The smallest absolute Gasteiger partial charge is 0.480 e. The van der Waals surface area contributed by atoms with Crippen LogP contribution in [0.2, 0.25) is 0 Å². The second kappa shape index (κ2) is 18.3. The maximum absolute atomic E-state index is 12.6. The number of carboxylic acids is 1. The first-order valence-electron chi connectivity index (χ1n) is 14.2. The second-order valence-corrected chi connectivity index (χ2v) is 11.0. The van der Waals surface area contributed by atoms with Crippen LogP contribution in [0.25, 0.3) is 0 Å². The summed E-state index contributed by atoms with van der Waals surface area (Å²) in [4.78, 5) is 48.9. The fourth-order valence-electron chi connectivity index (χ4n) is 3.95. The second-order valence-electron chi connectivity index (χ2n) is 11.0. The average Bonchev–Trinajstić information content (AvgIpc) is 2.89. The summed E-state index contributed by atoms with van der Waals surface area (Å²) >= 11 is 0. The van der Waals surface area contributed by atoms with Crippen molar-refractivity contribution >= 4 is 24.1 Å². The van der Waals surface area contributed by atoms with Gasteiger partial charge in [0.2, 0.25) is 0 Å². The van der Waals surface area contributed by atoms with Crippen molar-refractivity contribution in [1.29, 1.82) is 0 Å². The van der Waals surface area contributed by atoms with Gasteiger partial charge in [0.05, 0.1) is 13.2 Å². The quantitative estimate of drug-likeness (QED) is 0.126. The van der Waals surface area contributed by atoms with Gasteiger partial charge in [-0.1, -0.05) is 60.5 Å². The molecule has 0 aliphatic carbocycles. The number of ether oxygens (including phenoxy) is 4. The maximum atomic E-state index is 12.6. The van der Waals surface area contributed by atoms with E-state index in [1.807, 2.05) is 34.6 Å². The number of nitrogens with two attached hydrogens (primary N) is 1. The van der Waals surface area contributed by atoms with Crippen LogP contribution in [0.15, 0.2) is 18.2 Å². The summed E-state index contributed by atoms with van der Waals surface area (Å²) in [5, 5.41) is 9.71. The number of aliphatic carboxylic acids is 1. The molecule has 10 heteroatoms. The van der Waals surface area contributed by atoms with E-state index in [0.29, 0.717) is 24.3 Å². The molecule has 0 fully saturated rings. The van der Waals surface area contributed by atoms with E-state index >= 15 is 0 Å². The van der Waals surface area contributed by atoms with Crippen molar-refractivity contribution in [2.24, 2.45) is 23.5 Å². The summed E-state index contributed by atoms with van der Waals surface area (Å²) in [6, 6.07) is 3.14. The van der Waals surface area contributed by atoms with Crippen LogP contribution in [0, 0.1) is 17.8 Å². The Labute approximate surface area is 237 Å². The van der Waals surface area contributed by atoms with Gasteiger partial charge < -0.3 is 29.8 Å². The van der Waals surface area contributed by atoms with Gasteiger partial charge in [-0.2, -0.15) is 0 Å². The number of carboxylic acid groups (broad SMARTS) is 1. The lowest BCUT2D eigenvalue weighted by Crippen LogP contribution is -2.40. The first-order valence-corrected chi connectivity index (χ1v) is 14.2. The van der Waals surface area contributed by atoms with E-state index in [1.165, 1.54) is 12.1 Å². The van der Waals surface area contributed by atoms with Crippen molar-refractivity contribution < 1.29 is 43.2 Å². The van der Waals surface area contributed by atoms with E-state index in [-0.39, 0.29) is 43.5 Å². The van der Waals surface area contributed by atoms with Crippen LogP contribution < -0.4 is 15.2 Å². The highest BCUT2D eigenvalue weighted by Crippen LogP contribution is 2.36. The zero-order valence-electron chi connectivity index (χ0n) is 24.8. The summed E-state index contributed by atoms with van der Waals surface area (Å²) in [5.41, 5.74) is 6.49. The number of unbranched alkanes of at least 4 members (excludes halogenated alkanes) is 2. The van der Waals surface area contributed by atoms with E-state index in [4.69, 9.17) is 24.7 Å². The van der Waals surface area contributed by atoms with E-state index in [1.54, 1.807) is 13.0 Å². The number of rotatable bonds is 18. The summed E-state index contributed by atoms with van der Waals surface area (Å²) in [6.45, 7) is 11.8. The maximum Gasteiger partial charge on any atom is 0.508 e. The Hall–Kier alpha value is -3.14. The van der Waals surface area contributed by atoms with Crippen molar-refractivity contribution in [3.63, 3.8) is 0 Å². The molecule has 10 nitrogen and oxygen atoms in total. The van der Waals surface area contributed by atoms with Crippen molar-refractivity contribution in [2.45, 2.75) is 98.4 Å². The van der Waals surface area contributed by atoms with E-state index in [2.05, 4.69) is 0 Å². The normalized spacial score (nSPS) is 13.4. The Bertz CT molecular complexity index is 960. The minimum absolute atomic E-state index is 0.00445. The van der Waals surface area contributed by atoms with Gasteiger partial charge in [0.1, 0.15) is 6.04 Å². The lowest BCUT2D eigenvalue weighted by Gasteiger charge is -2.28. The van der Waals surface area contributed by atoms with E-state index in [9.17, 15) is 24.3 Å². The highest BCUT2D eigenvalue weighted by atomic mass is 16.7. The largest absolute Gasteiger partial charge is 0.508 e. The van der Waals surface area contributed by atoms with Crippen molar-refractivity contribution in [1.82, 2.24) is 0 Å². The molecule has 40 heavy (non-hydrogen) atoms. The van der Waals surface area contributed by atoms with Gasteiger partial charge in [0.15, 0.2) is 11.5 Å². The molecule has 0 spiro atoms. The molecule has 0 aliphatic heterocycles. The third-order valence-electron chi connectivity index (χ3n) is 6.37. The molecule has 1 aromatic carbocycles. The van der Waals surface area contributed by atoms with Crippen LogP contribution in [0.3, 0.4) is 0 Å². The third kappa shape index (κ3) is 13.3. The molecule has 0 aromatic heterocycles. The van der Waals surface area contributed by atoms with Crippen molar-refractivity contribution in [2.75, 3.05) is 13.2 Å². The standard InChI is InChI=1S/C30H47NO9/c1-7-8-9-16-37-30(36)38-18-21(6)27(28(31)29(34)35)22-12-13-23(39-25(32)14-10-19(2)3)24(17-22)40-26(33)15-11-20(4)5/h12-13,17,19-21,27-28H,7-11,14-16,18,31H2,1-6H3,(H,34,35)/t21?,27?,28-/m0/s1. The van der Waals surface area contributed by atoms with Crippen LogP contribution >= 0.6 is 0 Å². The van der Waals surface area contributed by atoms with Gasteiger partial charge in [0.25, 0.3) is 0 Å². The van der Waals surface area contributed by atoms with Gasteiger partial charge in [-0.15, -0.1) is 0 Å². The fourth-order valence-corrected chi connectivity index (χ4v) is 3.95. The lowest BCUT2D eigenvalue weighted by atomic mass is 9.82. The molecule has 226 valence electrons. The Morgan fingerprint density at radius 2 is 1.43 bits per heavy atom. The molecule has 1 rings (SSSR count).